The highest BCUT2D eigenvalue weighted by Gasteiger charge is 2.22. The van der Waals surface area contributed by atoms with Crippen molar-refractivity contribution in [2.75, 3.05) is 31.9 Å². The van der Waals surface area contributed by atoms with Gasteiger partial charge in [0.2, 0.25) is 18.4 Å². The maximum atomic E-state index is 12.7. The summed E-state index contributed by atoms with van der Waals surface area (Å²) in [7, 11) is 1.60. The van der Waals surface area contributed by atoms with Crippen LogP contribution in [0.3, 0.4) is 0 Å². The molecule has 2 aromatic rings. The number of benzene rings is 2. The fourth-order valence-corrected chi connectivity index (χ4v) is 3.49. The molecule has 0 fully saturated rings. The van der Waals surface area contributed by atoms with E-state index in [-0.39, 0.29) is 19.2 Å². The summed E-state index contributed by atoms with van der Waals surface area (Å²) in [6.45, 7) is 1.81. The number of fused-ring (bicyclic) bond motifs is 2. The zero-order valence-corrected chi connectivity index (χ0v) is 14.8. The third-order valence-electron chi connectivity index (χ3n) is 4.73. The summed E-state index contributed by atoms with van der Waals surface area (Å²) < 4.78 is 16.2. The summed E-state index contributed by atoms with van der Waals surface area (Å²) in [5.41, 5.74) is 3.26. The average Bonchev–Trinajstić information content (AvgIpc) is 3.15. The second-order valence-electron chi connectivity index (χ2n) is 6.41. The largest absolute Gasteiger partial charge is 0.493 e. The van der Waals surface area contributed by atoms with E-state index in [0.717, 1.165) is 30.6 Å². The Morgan fingerprint density at radius 1 is 1.27 bits per heavy atom. The molecule has 0 unspecified atom stereocenters. The van der Waals surface area contributed by atoms with E-state index in [1.54, 1.807) is 7.11 Å². The number of nitrogens with zero attached hydrogens (tertiary/aromatic N) is 1. The second kappa shape index (κ2) is 7.25. The summed E-state index contributed by atoms with van der Waals surface area (Å²) in [5.74, 6) is 2.05. The molecule has 0 radical (unpaired) electrons. The van der Waals surface area contributed by atoms with Crippen LogP contribution in [0.5, 0.6) is 17.2 Å². The van der Waals surface area contributed by atoms with Gasteiger partial charge < -0.3 is 24.4 Å². The van der Waals surface area contributed by atoms with Gasteiger partial charge in [0.1, 0.15) is 0 Å². The van der Waals surface area contributed by atoms with Gasteiger partial charge in [-0.3, -0.25) is 4.79 Å². The molecule has 0 saturated carbocycles. The molecule has 0 aliphatic carbocycles. The first kappa shape index (κ1) is 16.7. The van der Waals surface area contributed by atoms with Crippen LogP contribution in [0.2, 0.25) is 0 Å². The number of methoxy groups -OCH3 is 1. The Bertz CT molecular complexity index is 821. The number of hydrogen-bond donors (Lipinski definition) is 1. The van der Waals surface area contributed by atoms with E-state index in [1.165, 1.54) is 5.56 Å². The van der Waals surface area contributed by atoms with Gasteiger partial charge in [-0.1, -0.05) is 18.2 Å². The Morgan fingerprint density at radius 3 is 3.04 bits per heavy atom. The zero-order chi connectivity index (χ0) is 17.9. The number of para-hydroxylation sites is 1. The van der Waals surface area contributed by atoms with Crippen molar-refractivity contribution in [1.82, 2.24) is 5.32 Å². The number of carbonyl (C=O) groups excluding carboxylic acids is 1. The molecule has 2 aliphatic heterocycles. The monoisotopic (exact) mass is 354 g/mol. The van der Waals surface area contributed by atoms with E-state index in [9.17, 15) is 4.79 Å². The molecule has 0 aromatic heterocycles. The lowest BCUT2D eigenvalue weighted by atomic mass is 10.0. The van der Waals surface area contributed by atoms with Crippen LogP contribution in [0.4, 0.5) is 5.69 Å². The maximum Gasteiger partial charge on any atom is 0.240 e. The van der Waals surface area contributed by atoms with Gasteiger partial charge >= 0.3 is 0 Å². The minimum atomic E-state index is 0.0878. The highest BCUT2D eigenvalue weighted by molar-refractivity contribution is 5.95. The van der Waals surface area contributed by atoms with E-state index in [4.69, 9.17) is 14.2 Å². The Kier molecular flexibility index (Phi) is 4.67. The average molecular weight is 354 g/mol. The number of nitrogens with one attached hydrogen (secondary N) is 1. The van der Waals surface area contributed by atoms with Crippen LogP contribution >= 0.6 is 0 Å². The van der Waals surface area contributed by atoms with Crippen LogP contribution in [0.1, 0.15) is 17.5 Å². The van der Waals surface area contributed by atoms with Gasteiger partial charge in [-0.15, -0.1) is 0 Å². The van der Waals surface area contributed by atoms with Crippen molar-refractivity contribution in [2.45, 2.75) is 19.4 Å². The number of aryl methyl sites for hydroxylation is 1. The Hall–Kier alpha value is -2.73. The SMILES string of the molecule is COc1cc(CNCC(=O)N2CCCc3ccccc32)cc2c1OCO2. The third kappa shape index (κ3) is 3.20. The van der Waals surface area contributed by atoms with Crippen LogP contribution in [0.15, 0.2) is 36.4 Å². The Labute approximate surface area is 152 Å². The van der Waals surface area contributed by atoms with Crippen molar-refractivity contribution in [3.8, 4) is 17.2 Å². The van der Waals surface area contributed by atoms with Crippen LogP contribution in [-0.4, -0.2) is 32.9 Å². The fraction of sp³-hybridized carbons (Fsp3) is 0.350. The van der Waals surface area contributed by atoms with Crippen LogP contribution in [0.25, 0.3) is 0 Å². The summed E-state index contributed by atoms with van der Waals surface area (Å²) in [5, 5.41) is 3.23. The van der Waals surface area contributed by atoms with Crippen LogP contribution in [-0.2, 0) is 17.8 Å². The van der Waals surface area contributed by atoms with Crippen molar-refractivity contribution >= 4 is 11.6 Å². The van der Waals surface area contributed by atoms with Crippen molar-refractivity contribution in [1.29, 1.82) is 0 Å². The number of amides is 1. The molecule has 0 bridgehead atoms. The maximum absolute atomic E-state index is 12.7. The molecule has 6 nitrogen and oxygen atoms in total. The lowest BCUT2D eigenvalue weighted by molar-refractivity contribution is -0.117. The third-order valence-corrected chi connectivity index (χ3v) is 4.73. The lowest BCUT2D eigenvalue weighted by Crippen LogP contribution is -2.41. The predicted octanol–water partition coefficient (Wildman–Crippen LogP) is 2.49. The van der Waals surface area contributed by atoms with Crippen LogP contribution < -0.4 is 24.4 Å². The quantitative estimate of drug-likeness (QED) is 0.894. The first-order valence-electron chi connectivity index (χ1n) is 8.82. The molecule has 4 rings (SSSR count). The molecule has 0 saturated heterocycles. The molecule has 2 aromatic carbocycles. The van der Waals surface area contributed by atoms with Gasteiger partial charge in [-0.2, -0.15) is 0 Å². The van der Waals surface area contributed by atoms with Gasteiger partial charge in [0.05, 0.1) is 13.7 Å². The van der Waals surface area contributed by atoms with Gasteiger partial charge in [0.25, 0.3) is 0 Å². The topological polar surface area (TPSA) is 60.0 Å². The molecule has 0 spiro atoms. The predicted molar refractivity (Wildman–Crippen MR) is 97.9 cm³/mol. The van der Waals surface area contributed by atoms with Crippen molar-refractivity contribution in [2.24, 2.45) is 0 Å². The molecule has 2 heterocycles. The van der Waals surface area contributed by atoms with Gasteiger partial charge in [0.15, 0.2) is 11.5 Å². The Morgan fingerprint density at radius 2 is 2.15 bits per heavy atom. The number of carbonyl (C=O) groups is 1. The minimum Gasteiger partial charge on any atom is -0.493 e. The van der Waals surface area contributed by atoms with Gasteiger partial charge in [-0.05, 0) is 42.2 Å². The molecule has 1 N–H and O–H groups in total. The first-order chi connectivity index (χ1) is 12.8. The number of hydrogen-bond acceptors (Lipinski definition) is 5. The molecular formula is C20H22N2O4. The first-order valence-corrected chi connectivity index (χ1v) is 8.82. The molecule has 2 aliphatic rings. The van der Waals surface area contributed by atoms with E-state index < -0.39 is 0 Å². The summed E-state index contributed by atoms with van der Waals surface area (Å²) in [6, 6.07) is 11.9. The van der Waals surface area contributed by atoms with Gasteiger partial charge in [0, 0.05) is 18.8 Å². The number of ether oxygens (including phenoxy) is 3. The number of rotatable bonds is 5. The van der Waals surface area contributed by atoms with Crippen molar-refractivity contribution in [3.63, 3.8) is 0 Å². The normalized spacial score (nSPS) is 14.9. The molecule has 6 heteroatoms. The van der Waals surface area contributed by atoms with Gasteiger partial charge in [-0.25, -0.2) is 0 Å². The molecule has 26 heavy (non-hydrogen) atoms. The minimum absolute atomic E-state index is 0.0878. The van der Waals surface area contributed by atoms with Crippen LogP contribution in [0, 0.1) is 0 Å². The lowest BCUT2D eigenvalue weighted by Gasteiger charge is -2.29. The van der Waals surface area contributed by atoms with E-state index >= 15 is 0 Å². The van der Waals surface area contributed by atoms with E-state index in [2.05, 4.69) is 11.4 Å². The standard InChI is InChI=1S/C20H22N2O4/c1-24-17-9-14(10-18-20(17)26-13-25-18)11-21-12-19(23)22-8-4-6-15-5-2-3-7-16(15)22/h2-3,5,7,9-10,21H,4,6,8,11-13H2,1H3. The molecule has 1 amide bonds. The van der Waals surface area contributed by atoms with Crippen molar-refractivity contribution < 1.29 is 19.0 Å². The van der Waals surface area contributed by atoms with E-state index in [0.29, 0.717) is 23.8 Å². The summed E-state index contributed by atoms with van der Waals surface area (Å²) >= 11 is 0. The fourth-order valence-electron chi connectivity index (χ4n) is 3.49. The highest BCUT2D eigenvalue weighted by atomic mass is 16.7. The smallest absolute Gasteiger partial charge is 0.240 e. The Balaban J connectivity index is 1.39. The second-order valence-corrected chi connectivity index (χ2v) is 6.41. The summed E-state index contributed by atoms with van der Waals surface area (Å²) in [4.78, 5) is 14.5. The summed E-state index contributed by atoms with van der Waals surface area (Å²) in [6.07, 6.45) is 2.03. The highest BCUT2D eigenvalue weighted by Crippen LogP contribution is 2.41. The molecule has 0 atom stereocenters. The number of anilines is 1. The molecule has 136 valence electrons. The molecular weight excluding hydrogens is 332 g/mol. The zero-order valence-electron chi connectivity index (χ0n) is 14.8. The van der Waals surface area contributed by atoms with Crippen molar-refractivity contribution in [3.05, 3.63) is 47.5 Å². The van der Waals surface area contributed by atoms with E-state index in [1.807, 2.05) is 35.2 Å².